The number of carbonyl (C=O) groups excluding carboxylic acids is 1. The van der Waals surface area contributed by atoms with E-state index in [2.05, 4.69) is 47.5 Å². The fraction of sp³-hybridized carbons (Fsp3) is 0.381. The average Bonchev–Trinajstić information content (AvgIpc) is 2.61. The molecule has 1 aliphatic rings. The van der Waals surface area contributed by atoms with Gasteiger partial charge in [0, 0.05) is 17.9 Å². The molecule has 2 aromatic rings. The molecule has 0 saturated heterocycles. The normalized spacial score (nSPS) is 13.5. The topological polar surface area (TPSA) is 32.3 Å². The van der Waals surface area contributed by atoms with Crippen molar-refractivity contribution in [3.63, 3.8) is 0 Å². The molecule has 1 amide bonds. The van der Waals surface area contributed by atoms with E-state index in [9.17, 15) is 4.79 Å². The third-order valence-corrected chi connectivity index (χ3v) is 4.60. The molecule has 0 fully saturated rings. The zero-order valence-corrected chi connectivity index (χ0v) is 14.4. The molecule has 1 heterocycles. The zero-order chi connectivity index (χ0) is 16.8. The largest absolute Gasteiger partial charge is 0.362 e. The van der Waals surface area contributed by atoms with Gasteiger partial charge in [-0.3, -0.25) is 4.79 Å². The van der Waals surface area contributed by atoms with Gasteiger partial charge in [-0.1, -0.05) is 43.7 Å². The minimum atomic E-state index is 0.0491. The highest BCUT2D eigenvalue weighted by Gasteiger charge is 2.18. The molecule has 3 nitrogen and oxygen atoms in total. The summed E-state index contributed by atoms with van der Waals surface area (Å²) in [4.78, 5) is 14.6. The first-order valence-corrected chi connectivity index (χ1v) is 8.98. The minimum Gasteiger partial charge on any atom is -0.362 e. The second kappa shape index (κ2) is 8.00. The van der Waals surface area contributed by atoms with Crippen molar-refractivity contribution in [1.29, 1.82) is 0 Å². The maximum atomic E-state index is 12.4. The third-order valence-electron chi connectivity index (χ3n) is 4.60. The van der Waals surface area contributed by atoms with Gasteiger partial charge in [-0.15, -0.1) is 0 Å². The van der Waals surface area contributed by atoms with Crippen molar-refractivity contribution in [2.24, 2.45) is 0 Å². The number of hydrogen-bond donors (Lipinski definition) is 1. The lowest BCUT2D eigenvalue weighted by Crippen LogP contribution is -2.36. The van der Waals surface area contributed by atoms with Crippen molar-refractivity contribution in [3.8, 4) is 0 Å². The van der Waals surface area contributed by atoms with Gasteiger partial charge < -0.3 is 10.2 Å². The van der Waals surface area contributed by atoms with E-state index in [-0.39, 0.29) is 5.91 Å². The summed E-state index contributed by atoms with van der Waals surface area (Å²) < 4.78 is 0. The highest BCUT2D eigenvalue weighted by Crippen LogP contribution is 2.26. The first kappa shape index (κ1) is 16.6. The number of aryl methyl sites for hydroxylation is 2. The van der Waals surface area contributed by atoms with Crippen molar-refractivity contribution in [1.82, 2.24) is 0 Å². The molecule has 0 unspecified atom stereocenters. The van der Waals surface area contributed by atoms with Gasteiger partial charge >= 0.3 is 0 Å². The SMILES string of the molecule is CCCCc1ccc(NC(=O)CN2CCCc3ccccc32)cc1. The van der Waals surface area contributed by atoms with Gasteiger partial charge in [0.2, 0.25) is 5.91 Å². The fourth-order valence-corrected chi connectivity index (χ4v) is 3.29. The molecule has 0 bridgehead atoms. The van der Waals surface area contributed by atoms with Crippen LogP contribution in [-0.2, 0) is 17.6 Å². The summed E-state index contributed by atoms with van der Waals surface area (Å²) in [6, 6.07) is 16.6. The Morgan fingerprint density at radius 1 is 1.12 bits per heavy atom. The third kappa shape index (κ3) is 4.16. The second-order valence-electron chi connectivity index (χ2n) is 6.50. The monoisotopic (exact) mass is 322 g/mol. The van der Waals surface area contributed by atoms with Crippen molar-refractivity contribution in [2.75, 3.05) is 23.3 Å². The number of rotatable bonds is 6. The highest BCUT2D eigenvalue weighted by molar-refractivity contribution is 5.94. The molecule has 0 saturated carbocycles. The van der Waals surface area contributed by atoms with Crippen LogP contribution in [0.4, 0.5) is 11.4 Å². The Balaban J connectivity index is 1.58. The first-order chi connectivity index (χ1) is 11.8. The predicted molar refractivity (Wildman–Crippen MR) is 101 cm³/mol. The van der Waals surface area contributed by atoms with Crippen molar-refractivity contribution < 1.29 is 4.79 Å². The first-order valence-electron chi connectivity index (χ1n) is 8.98. The quantitative estimate of drug-likeness (QED) is 0.854. The van der Waals surface area contributed by atoms with E-state index in [0.29, 0.717) is 6.54 Å². The maximum Gasteiger partial charge on any atom is 0.243 e. The number of anilines is 2. The van der Waals surface area contributed by atoms with Crippen LogP contribution in [0, 0.1) is 0 Å². The molecule has 1 aliphatic heterocycles. The zero-order valence-electron chi connectivity index (χ0n) is 14.4. The van der Waals surface area contributed by atoms with Crippen LogP contribution in [0.25, 0.3) is 0 Å². The van der Waals surface area contributed by atoms with Gasteiger partial charge in [0.15, 0.2) is 0 Å². The number of carbonyl (C=O) groups is 1. The lowest BCUT2D eigenvalue weighted by molar-refractivity contribution is -0.115. The molecule has 2 aromatic carbocycles. The van der Waals surface area contributed by atoms with Crippen molar-refractivity contribution >= 4 is 17.3 Å². The standard InChI is InChI=1S/C21H26N2O/c1-2-3-7-17-11-13-19(14-12-17)22-21(24)16-23-15-6-9-18-8-4-5-10-20(18)23/h4-5,8,10-14H,2-3,6-7,9,15-16H2,1H3,(H,22,24). The predicted octanol–water partition coefficient (Wildman–Crippen LogP) is 4.42. The van der Waals surface area contributed by atoms with Crippen LogP contribution in [0.2, 0.25) is 0 Å². The number of benzene rings is 2. The van der Waals surface area contributed by atoms with Gasteiger partial charge in [-0.25, -0.2) is 0 Å². The van der Waals surface area contributed by atoms with Crippen LogP contribution >= 0.6 is 0 Å². The Bertz CT molecular complexity index is 678. The minimum absolute atomic E-state index is 0.0491. The fourth-order valence-electron chi connectivity index (χ4n) is 3.29. The molecular formula is C21H26N2O. The lowest BCUT2D eigenvalue weighted by Gasteiger charge is -2.30. The van der Waals surface area contributed by atoms with E-state index in [1.54, 1.807) is 0 Å². The Kier molecular flexibility index (Phi) is 5.52. The number of unbranched alkanes of at least 4 members (excludes halogenated alkanes) is 1. The summed E-state index contributed by atoms with van der Waals surface area (Å²) in [5.41, 5.74) is 4.76. The smallest absolute Gasteiger partial charge is 0.243 e. The number of para-hydroxylation sites is 1. The number of fused-ring (bicyclic) bond motifs is 1. The van der Waals surface area contributed by atoms with Gasteiger partial charge in [-0.05, 0) is 55.0 Å². The Labute approximate surface area is 144 Å². The molecule has 126 valence electrons. The number of nitrogens with zero attached hydrogens (tertiary/aromatic N) is 1. The number of amides is 1. The molecule has 3 heteroatoms. The van der Waals surface area contributed by atoms with Crippen LogP contribution in [0.1, 0.15) is 37.3 Å². The molecular weight excluding hydrogens is 296 g/mol. The summed E-state index contributed by atoms with van der Waals surface area (Å²) in [6.07, 6.45) is 5.73. The van der Waals surface area contributed by atoms with Crippen LogP contribution in [0.3, 0.4) is 0 Å². The second-order valence-corrected chi connectivity index (χ2v) is 6.50. The van der Waals surface area contributed by atoms with Gasteiger partial charge in [0.05, 0.1) is 6.54 Å². The van der Waals surface area contributed by atoms with Gasteiger partial charge in [-0.2, -0.15) is 0 Å². The molecule has 0 radical (unpaired) electrons. The van der Waals surface area contributed by atoms with Crippen LogP contribution < -0.4 is 10.2 Å². The average molecular weight is 322 g/mol. The van der Waals surface area contributed by atoms with E-state index >= 15 is 0 Å². The molecule has 0 aromatic heterocycles. The number of hydrogen-bond acceptors (Lipinski definition) is 2. The molecule has 24 heavy (non-hydrogen) atoms. The van der Waals surface area contributed by atoms with Crippen molar-refractivity contribution in [3.05, 3.63) is 59.7 Å². The van der Waals surface area contributed by atoms with Crippen LogP contribution in [0.15, 0.2) is 48.5 Å². The summed E-state index contributed by atoms with van der Waals surface area (Å²) >= 11 is 0. The summed E-state index contributed by atoms with van der Waals surface area (Å²) in [6.45, 7) is 3.56. The van der Waals surface area contributed by atoms with Crippen molar-refractivity contribution in [2.45, 2.75) is 39.0 Å². The lowest BCUT2D eigenvalue weighted by atomic mass is 10.0. The molecule has 0 aliphatic carbocycles. The molecule has 1 N–H and O–H groups in total. The summed E-state index contributed by atoms with van der Waals surface area (Å²) in [7, 11) is 0. The maximum absolute atomic E-state index is 12.4. The van der Waals surface area contributed by atoms with Crippen LogP contribution in [-0.4, -0.2) is 19.0 Å². The Morgan fingerprint density at radius 2 is 1.92 bits per heavy atom. The Morgan fingerprint density at radius 3 is 2.71 bits per heavy atom. The van der Waals surface area contributed by atoms with E-state index in [4.69, 9.17) is 0 Å². The molecule has 0 spiro atoms. The summed E-state index contributed by atoms with van der Waals surface area (Å²) in [5.74, 6) is 0.0491. The highest BCUT2D eigenvalue weighted by atomic mass is 16.2. The molecule has 3 rings (SSSR count). The number of nitrogens with one attached hydrogen (secondary N) is 1. The van der Waals surface area contributed by atoms with E-state index in [0.717, 1.165) is 31.5 Å². The molecule has 0 atom stereocenters. The van der Waals surface area contributed by atoms with Gasteiger partial charge in [0.25, 0.3) is 0 Å². The van der Waals surface area contributed by atoms with Crippen LogP contribution in [0.5, 0.6) is 0 Å². The summed E-state index contributed by atoms with van der Waals surface area (Å²) in [5, 5.41) is 3.02. The van der Waals surface area contributed by atoms with E-state index < -0.39 is 0 Å². The van der Waals surface area contributed by atoms with Gasteiger partial charge in [0.1, 0.15) is 0 Å². The Hall–Kier alpha value is -2.29. The van der Waals surface area contributed by atoms with E-state index in [1.807, 2.05) is 18.2 Å². The van der Waals surface area contributed by atoms with E-state index in [1.165, 1.54) is 29.7 Å².